The minimum atomic E-state index is -4.49. The number of amides is 1. The summed E-state index contributed by atoms with van der Waals surface area (Å²) in [6, 6.07) is 14.7. The van der Waals surface area contributed by atoms with Crippen molar-refractivity contribution in [2.75, 3.05) is 29.4 Å². The number of nitrogens with one attached hydrogen (secondary N) is 1. The highest BCUT2D eigenvalue weighted by Gasteiger charge is 2.37. The van der Waals surface area contributed by atoms with Crippen molar-refractivity contribution < 1.29 is 18.0 Å². The smallest absolute Gasteiger partial charge is 0.355 e. The highest BCUT2D eigenvalue weighted by atomic mass is 19.4. The maximum absolute atomic E-state index is 13.4. The summed E-state index contributed by atoms with van der Waals surface area (Å²) in [5.74, 6) is 0.226. The van der Waals surface area contributed by atoms with Gasteiger partial charge in [-0.1, -0.05) is 30.3 Å². The molecule has 0 aliphatic carbocycles. The fraction of sp³-hybridized carbons (Fsp3) is 0.370. The Kier molecular flexibility index (Phi) is 6.80. The van der Waals surface area contributed by atoms with E-state index >= 15 is 0 Å². The number of pyridine rings is 2. The first kappa shape index (κ1) is 24.1. The van der Waals surface area contributed by atoms with Crippen molar-refractivity contribution in [3.63, 3.8) is 0 Å². The van der Waals surface area contributed by atoms with E-state index in [2.05, 4.69) is 44.5 Å². The predicted octanol–water partition coefficient (Wildman–Crippen LogP) is 4.59. The van der Waals surface area contributed by atoms with E-state index in [9.17, 15) is 18.0 Å². The van der Waals surface area contributed by atoms with Crippen LogP contribution in [0.5, 0.6) is 0 Å². The maximum atomic E-state index is 13.4. The highest BCUT2D eigenvalue weighted by Crippen LogP contribution is 2.36. The molecule has 0 bridgehead atoms. The van der Waals surface area contributed by atoms with Gasteiger partial charge in [0.2, 0.25) is 5.91 Å². The first-order valence-electron chi connectivity index (χ1n) is 12.2. The second-order valence-corrected chi connectivity index (χ2v) is 9.34. The number of carbonyl (C=O) groups is 1. The largest absolute Gasteiger partial charge is 0.419 e. The van der Waals surface area contributed by atoms with Gasteiger partial charge in [0.05, 0.1) is 11.5 Å². The maximum Gasteiger partial charge on any atom is 0.419 e. The van der Waals surface area contributed by atoms with Crippen molar-refractivity contribution in [1.29, 1.82) is 0 Å². The van der Waals surface area contributed by atoms with Crippen LogP contribution in [0.3, 0.4) is 0 Å². The molecule has 0 radical (unpaired) electrons. The van der Waals surface area contributed by atoms with Crippen LogP contribution in [0.2, 0.25) is 0 Å². The summed E-state index contributed by atoms with van der Waals surface area (Å²) in [4.78, 5) is 25.2. The van der Waals surface area contributed by atoms with Gasteiger partial charge in [0, 0.05) is 45.1 Å². The molecule has 2 aliphatic rings. The number of fused-ring (bicyclic) bond motifs is 1. The number of halogens is 3. The third kappa shape index (κ3) is 5.29. The van der Waals surface area contributed by atoms with E-state index in [4.69, 9.17) is 0 Å². The minimum Gasteiger partial charge on any atom is -0.355 e. The summed E-state index contributed by atoms with van der Waals surface area (Å²) >= 11 is 0. The van der Waals surface area contributed by atoms with Crippen molar-refractivity contribution in [1.82, 2.24) is 15.3 Å². The van der Waals surface area contributed by atoms with Crippen LogP contribution in [-0.4, -0.2) is 35.5 Å². The molecular weight excluding hydrogens is 467 g/mol. The lowest BCUT2D eigenvalue weighted by Crippen LogP contribution is -2.43. The number of nitrogens with zero attached hydrogens (tertiary/aromatic N) is 4. The average molecular weight is 496 g/mol. The molecule has 0 spiro atoms. The zero-order valence-corrected chi connectivity index (χ0v) is 19.8. The van der Waals surface area contributed by atoms with Crippen molar-refractivity contribution >= 4 is 17.5 Å². The molecule has 1 unspecified atom stereocenters. The summed E-state index contributed by atoms with van der Waals surface area (Å²) in [7, 11) is 0. The van der Waals surface area contributed by atoms with Gasteiger partial charge in [-0.15, -0.1) is 0 Å². The van der Waals surface area contributed by atoms with E-state index in [0.29, 0.717) is 25.9 Å². The quantitative estimate of drug-likeness (QED) is 0.561. The summed E-state index contributed by atoms with van der Waals surface area (Å²) < 4.78 is 40.3. The second kappa shape index (κ2) is 10.2. The zero-order valence-electron chi connectivity index (χ0n) is 19.8. The third-order valence-electron chi connectivity index (χ3n) is 6.91. The second-order valence-electron chi connectivity index (χ2n) is 9.34. The molecule has 9 heteroatoms. The van der Waals surface area contributed by atoms with Crippen LogP contribution < -0.4 is 15.1 Å². The molecule has 4 heterocycles. The number of hydrogen-bond donors (Lipinski definition) is 1. The number of alkyl halides is 3. The van der Waals surface area contributed by atoms with Gasteiger partial charge >= 0.3 is 6.18 Å². The Balaban J connectivity index is 1.17. The summed E-state index contributed by atoms with van der Waals surface area (Å²) in [5.41, 5.74) is 2.80. The summed E-state index contributed by atoms with van der Waals surface area (Å²) in [6.45, 7) is 2.70. The SMILES string of the molecule is O=C(NCc1ccc(N2CCc3ccccc3C2)nc1)C1CCCN(c2ncccc2C(F)(F)F)C1. The molecule has 1 amide bonds. The summed E-state index contributed by atoms with van der Waals surface area (Å²) in [6.07, 6.45) is 0.873. The van der Waals surface area contributed by atoms with Gasteiger partial charge < -0.3 is 15.1 Å². The van der Waals surface area contributed by atoms with Crippen molar-refractivity contribution in [2.45, 2.75) is 38.5 Å². The van der Waals surface area contributed by atoms with Gasteiger partial charge in [0.1, 0.15) is 11.6 Å². The Morgan fingerprint density at radius 1 is 1.00 bits per heavy atom. The van der Waals surface area contributed by atoms with E-state index in [-0.39, 0.29) is 18.3 Å². The first-order chi connectivity index (χ1) is 17.4. The number of aromatic nitrogens is 2. The van der Waals surface area contributed by atoms with E-state index in [1.807, 2.05) is 12.1 Å². The Labute approximate surface area is 208 Å². The van der Waals surface area contributed by atoms with Crippen LogP contribution in [-0.2, 0) is 30.5 Å². The number of benzene rings is 1. The Hall–Kier alpha value is -3.62. The van der Waals surface area contributed by atoms with Gasteiger partial charge in [0.25, 0.3) is 0 Å². The number of piperidine rings is 1. The third-order valence-corrected chi connectivity index (χ3v) is 6.91. The van der Waals surface area contributed by atoms with Crippen molar-refractivity contribution in [3.05, 3.63) is 83.2 Å². The van der Waals surface area contributed by atoms with Crippen LogP contribution in [0.15, 0.2) is 60.9 Å². The lowest BCUT2D eigenvalue weighted by molar-refractivity contribution is -0.137. The molecule has 3 aromatic rings. The van der Waals surface area contributed by atoms with Crippen LogP contribution >= 0.6 is 0 Å². The van der Waals surface area contributed by atoms with Gasteiger partial charge in [0.15, 0.2) is 0 Å². The fourth-order valence-corrected chi connectivity index (χ4v) is 4.99. The Bertz CT molecular complexity index is 1210. The molecule has 0 saturated carbocycles. The molecular formula is C27H28F3N5O. The van der Waals surface area contributed by atoms with Crippen LogP contribution in [0, 0.1) is 5.92 Å². The lowest BCUT2D eigenvalue weighted by atomic mass is 9.96. The van der Waals surface area contributed by atoms with Crippen LogP contribution in [0.1, 0.15) is 35.1 Å². The Morgan fingerprint density at radius 2 is 1.83 bits per heavy atom. The molecule has 1 aromatic carbocycles. The van der Waals surface area contributed by atoms with E-state index in [0.717, 1.165) is 37.0 Å². The van der Waals surface area contributed by atoms with Gasteiger partial charge in [-0.25, -0.2) is 9.97 Å². The first-order valence-corrected chi connectivity index (χ1v) is 12.2. The number of hydrogen-bond acceptors (Lipinski definition) is 5. The summed E-state index contributed by atoms with van der Waals surface area (Å²) in [5, 5.41) is 2.94. The molecule has 188 valence electrons. The normalized spacial score (nSPS) is 18.0. The topological polar surface area (TPSA) is 61.4 Å². The molecule has 2 aromatic heterocycles. The monoisotopic (exact) mass is 495 g/mol. The van der Waals surface area contributed by atoms with E-state index in [1.54, 1.807) is 11.1 Å². The molecule has 1 saturated heterocycles. The number of anilines is 2. The average Bonchev–Trinajstić information content (AvgIpc) is 2.91. The molecule has 2 aliphatic heterocycles. The number of rotatable bonds is 5. The minimum absolute atomic E-state index is 0.109. The van der Waals surface area contributed by atoms with Gasteiger partial charge in [-0.3, -0.25) is 4.79 Å². The van der Waals surface area contributed by atoms with E-state index in [1.165, 1.54) is 23.4 Å². The molecule has 1 fully saturated rings. The van der Waals surface area contributed by atoms with E-state index < -0.39 is 17.7 Å². The van der Waals surface area contributed by atoms with Crippen molar-refractivity contribution in [2.24, 2.45) is 5.92 Å². The molecule has 5 rings (SSSR count). The predicted molar refractivity (Wildman–Crippen MR) is 131 cm³/mol. The zero-order chi connectivity index (χ0) is 25.1. The standard InChI is InChI=1S/C27H28F3N5O/c28-27(29,30)23-8-3-12-31-25(23)35-13-4-7-22(18-35)26(36)33-16-19-9-10-24(32-15-19)34-14-11-20-5-1-2-6-21(20)17-34/h1-3,5-6,8-10,12,15,22H,4,7,11,13-14,16-18H2,(H,33,36). The molecule has 36 heavy (non-hydrogen) atoms. The van der Waals surface area contributed by atoms with Gasteiger partial charge in [-0.2, -0.15) is 13.2 Å². The van der Waals surface area contributed by atoms with Crippen molar-refractivity contribution in [3.8, 4) is 0 Å². The molecule has 1 N–H and O–H groups in total. The van der Waals surface area contributed by atoms with Crippen LogP contribution in [0.25, 0.3) is 0 Å². The van der Waals surface area contributed by atoms with Crippen LogP contribution in [0.4, 0.5) is 24.8 Å². The Morgan fingerprint density at radius 3 is 2.61 bits per heavy atom. The molecule has 1 atom stereocenters. The number of carbonyl (C=O) groups excluding carboxylic acids is 1. The molecule has 6 nitrogen and oxygen atoms in total. The fourth-order valence-electron chi connectivity index (χ4n) is 4.99. The van der Waals surface area contributed by atoms with Gasteiger partial charge in [-0.05, 0) is 54.2 Å². The lowest BCUT2D eigenvalue weighted by Gasteiger charge is -2.34. The highest BCUT2D eigenvalue weighted by molar-refractivity contribution is 5.79.